The molecule has 0 radical (unpaired) electrons. The first-order valence-electron chi connectivity index (χ1n) is 6.00. The van der Waals surface area contributed by atoms with Gasteiger partial charge in [-0.05, 0) is 35.9 Å². The van der Waals surface area contributed by atoms with E-state index in [0.717, 1.165) is 10.5 Å². The number of nitrogen functional groups attached to an aromatic ring is 1. The minimum atomic E-state index is -0.242. The van der Waals surface area contributed by atoms with Gasteiger partial charge in [-0.3, -0.25) is 5.41 Å². The second kappa shape index (κ2) is 6.43. The molecule has 20 heavy (non-hydrogen) atoms. The Kier molecular flexibility index (Phi) is 4.63. The van der Waals surface area contributed by atoms with Gasteiger partial charge in [0.15, 0.2) is 0 Å². The van der Waals surface area contributed by atoms with Crippen LogP contribution in [-0.4, -0.2) is 12.9 Å². The molecule has 2 aromatic carbocycles. The van der Waals surface area contributed by atoms with E-state index in [0.29, 0.717) is 17.1 Å². The van der Waals surface area contributed by atoms with Gasteiger partial charge in [0, 0.05) is 10.6 Å². The van der Waals surface area contributed by atoms with Gasteiger partial charge < -0.3 is 10.5 Å². The van der Waals surface area contributed by atoms with Crippen molar-refractivity contribution in [3.05, 3.63) is 59.4 Å². The van der Waals surface area contributed by atoms with Gasteiger partial charge in [-0.1, -0.05) is 12.1 Å². The third-order valence-corrected chi connectivity index (χ3v) is 3.82. The fourth-order valence-corrected chi connectivity index (χ4v) is 2.66. The fourth-order valence-electron chi connectivity index (χ4n) is 1.78. The van der Waals surface area contributed by atoms with Crippen molar-refractivity contribution >= 4 is 17.6 Å². The predicted molar refractivity (Wildman–Crippen MR) is 80.0 cm³/mol. The summed E-state index contributed by atoms with van der Waals surface area (Å²) in [5, 5.41) is 7.54. The van der Waals surface area contributed by atoms with Gasteiger partial charge in [-0.15, -0.1) is 11.8 Å². The number of nitrogens with two attached hydrogens (primary N) is 1. The average Bonchev–Trinajstić information content (AvgIpc) is 2.45. The van der Waals surface area contributed by atoms with Crippen LogP contribution in [0, 0.1) is 11.2 Å². The van der Waals surface area contributed by atoms with Gasteiger partial charge in [-0.2, -0.15) is 0 Å². The third-order valence-electron chi connectivity index (χ3n) is 2.76. The minimum Gasteiger partial charge on any atom is -0.496 e. The molecular weight excluding hydrogens is 275 g/mol. The van der Waals surface area contributed by atoms with Crippen molar-refractivity contribution in [1.82, 2.24) is 0 Å². The van der Waals surface area contributed by atoms with Crippen LogP contribution in [0.2, 0.25) is 0 Å². The number of halogens is 1. The molecule has 0 aliphatic rings. The summed E-state index contributed by atoms with van der Waals surface area (Å²) in [5.41, 5.74) is 7.11. The number of nitrogens with one attached hydrogen (secondary N) is 1. The third kappa shape index (κ3) is 3.51. The van der Waals surface area contributed by atoms with E-state index >= 15 is 0 Å². The maximum atomic E-state index is 13.1. The van der Waals surface area contributed by atoms with Crippen LogP contribution in [0.3, 0.4) is 0 Å². The number of ether oxygens (including phenoxy) is 1. The second-order valence-electron chi connectivity index (χ2n) is 4.19. The highest BCUT2D eigenvalue weighted by Crippen LogP contribution is 2.26. The van der Waals surface area contributed by atoms with Gasteiger partial charge in [0.05, 0.1) is 12.7 Å². The Bertz CT molecular complexity index is 631. The Hall–Kier alpha value is -2.01. The van der Waals surface area contributed by atoms with Crippen LogP contribution in [0.5, 0.6) is 5.75 Å². The smallest absolute Gasteiger partial charge is 0.129 e. The van der Waals surface area contributed by atoms with Crippen LogP contribution in [0.15, 0.2) is 47.4 Å². The largest absolute Gasteiger partial charge is 0.496 e. The van der Waals surface area contributed by atoms with Crippen molar-refractivity contribution in [1.29, 1.82) is 5.41 Å². The molecule has 0 unspecified atom stereocenters. The second-order valence-corrected chi connectivity index (χ2v) is 5.24. The summed E-state index contributed by atoms with van der Waals surface area (Å²) in [4.78, 5) is 0.866. The molecule has 0 spiro atoms. The van der Waals surface area contributed by atoms with Crippen LogP contribution >= 0.6 is 11.8 Å². The number of hydrogen-bond donors (Lipinski definition) is 2. The van der Waals surface area contributed by atoms with Crippen molar-refractivity contribution in [2.24, 2.45) is 5.73 Å². The van der Waals surface area contributed by atoms with Crippen molar-refractivity contribution in [2.45, 2.75) is 10.6 Å². The zero-order chi connectivity index (χ0) is 14.5. The van der Waals surface area contributed by atoms with Crippen LogP contribution in [-0.2, 0) is 5.75 Å². The number of amidine groups is 1. The molecule has 3 N–H and O–H groups in total. The normalized spacial score (nSPS) is 10.3. The maximum Gasteiger partial charge on any atom is 0.129 e. The minimum absolute atomic E-state index is 0.0283. The van der Waals surface area contributed by atoms with E-state index in [2.05, 4.69) is 0 Å². The molecule has 0 saturated carbocycles. The van der Waals surface area contributed by atoms with E-state index in [-0.39, 0.29) is 11.7 Å². The highest BCUT2D eigenvalue weighted by molar-refractivity contribution is 7.98. The number of benzene rings is 2. The highest BCUT2D eigenvalue weighted by Gasteiger charge is 2.07. The van der Waals surface area contributed by atoms with Crippen molar-refractivity contribution in [3.63, 3.8) is 0 Å². The van der Waals surface area contributed by atoms with E-state index in [9.17, 15) is 4.39 Å². The van der Waals surface area contributed by atoms with Gasteiger partial charge in [0.25, 0.3) is 0 Å². The molecule has 0 aliphatic carbocycles. The fraction of sp³-hybridized carbons (Fsp3) is 0.133. The Balaban J connectivity index is 2.14. The van der Waals surface area contributed by atoms with Gasteiger partial charge in [-0.25, -0.2) is 4.39 Å². The molecule has 2 rings (SSSR count). The van der Waals surface area contributed by atoms with Crippen molar-refractivity contribution in [3.8, 4) is 5.75 Å². The summed E-state index contributed by atoms with van der Waals surface area (Å²) in [6, 6.07) is 12.0. The Labute approximate surface area is 121 Å². The lowest BCUT2D eigenvalue weighted by molar-refractivity contribution is 0.413. The molecule has 0 aliphatic heterocycles. The van der Waals surface area contributed by atoms with E-state index in [1.54, 1.807) is 19.2 Å². The van der Waals surface area contributed by atoms with E-state index in [1.165, 1.54) is 23.9 Å². The number of rotatable bonds is 5. The summed E-state index contributed by atoms with van der Waals surface area (Å²) in [5.74, 6) is 0.985. The molecule has 0 bridgehead atoms. The van der Waals surface area contributed by atoms with Crippen LogP contribution in [0.4, 0.5) is 4.39 Å². The quantitative estimate of drug-likeness (QED) is 0.504. The maximum absolute atomic E-state index is 13.1. The molecule has 0 heterocycles. The number of hydrogen-bond acceptors (Lipinski definition) is 3. The molecule has 0 amide bonds. The average molecular weight is 290 g/mol. The van der Waals surface area contributed by atoms with E-state index in [4.69, 9.17) is 15.9 Å². The number of methoxy groups -OCH3 is 1. The lowest BCUT2D eigenvalue weighted by atomic mass is 10.1. The van der Waals surface area contributed by atoms with Gasteiger partial charge >= 0.3 is 0 Å². The topological polar surface area (TPSA) is 59.1 Å². The van der Waals surface area contributed by atoms with E-state index in [1.807, 2.05) is 18.2 Å². The first kappa shape index (κ1) is 14.4. The molecule has 0 saturated heterocycles. The van der Waals surface area contributed by atoms with Crippen LogP contribution in [0.25, 0.3) is 0 Å². The SMILES string of the molecule is COc1ccc(CSc2cccc(F)c2)cc1C(=N)N. The molecule has 3 nitrogen and oxygen atoms in total. The summed E-state index contributed by atoms with van der Waals surface area (Å²) in [6.07, 6.45) is 0. The summed E-state index contributed by atoms with van der Waals surface area (Å²) < 4.78 is 18.3. The zero-order valence-electron chi connectivity index (χ0n) is 11.0. The molecule has 0 atom stereocenters. The van der Waals surface area contributed by atoms with Crippen molar-refractivity contribution < 1.29 is 9.13 Å². The van der Waals surface area contributed by atoms with Crippen LogP contribution < -0.4 is 10.5 Å². The predicted octanol–water partition coefficient (Wildman–Crippen LogP) is 3.41. The zero-order valence-corrected chi connectivity index (χ0v) is 11.8. The first-order valence-corrected chi connectivity index (χ1v) is 6.98. The molecule has 104 valence electrons. The summed E-state index contributed by atoms with van der Waals surface area (Å²) in [7, 11) is 1.54. The lowest BCUT2D eigenvalue weighted by Gasteiger charge is -2.09. The molecule has 2 aromatic rings. The monoisotopic (exact) mass is 290 g/mol. The molecule has 5 heteroatoms. The standard InChI is InChI=1S/C15H15FN2OS/c1-19-14-6-5-10(7-13(14)15(17)18)9-20-12-4-2-3-11(16)8-12/h2-8H,9H2,1H3,(H3,17,18). The van der Waals surface area contributed by atoms with Gasteiger partial charge in [0.2, 0.25) is 0 Å². The Morgan fingerprint density at radius 1 is 1.30 bits per heavy atom. The summed E-state index contributed by atoms with van der Waals surface area (Å²) in [6.45, 7) is 0. The summed E-state index contributed by atoms with van der Waals surface area (Å²) >= 11 is 1.53. The van der Waals surface area contributed by atoms with Crippen molar-refractivity contribution in [2.75, 3.05) is 7.11 Å². The first-order chi connectivity index (χ1) is 9.60. The van der Waals surface area contributed by atoms with E-state index < -0.39 is 0 Å². The number of thioether (sulfide) groups is 1. The molecule has 0 aromatic heterocycles. The molecule has 0 fully saturated rings. The lowest BCUT2D eigenvalue weighted by Crippen LogP contribution is -2.12. The highest BCUT2D eigenvalue weighted by atomic mass is 32.2. The van der Waals surface area contributed by atoms with Gasteiger partial charge in [0.1, 0.15) is 17.4 Å². The Morgan fingerprint density at radius 2 is 2.10 bits per heavy atom. The van der Waals surface area contributed by atoms with Crippen LogP contribution in [0.1, 0.15) is 11.1 Å². The molecular formula is C15H15FN2OS. The Morgan fingerprint density at radius 3 is 2.75 bits per heavy atom.